The lowest BCUT2D eigenvalue weighted by Crippen LogP contribution is -2.31. The Labute approximate surface area is 155 Å². The number of hydrogen-bond acceptors (Lipinski definition) is 4. The fourth-order valence-corrected chi connectivity index (χ4v) is 3.77. The Morgan fingerprint density at radius 2 is 1.92 bits per heavy atom. The van der Waals surface area contributed by atoms with E-state index in [1.54, 1.807) is 0 Å². The van der Waals surface area contributed by atoms with Gasteiger partial charge in [-0.15, -0.1) is 0 Å². The molecular formula is C21H28N4O. The number of nitrogens with one attached hydrogen (secondary N) is 1. The highest BCUT2D eigenvalue weighted by atomic mass is 16.1. The van der Waals surface area contributed by atoms with Crippen molar-refractivity contribution in [2.75, 3.05) is 6.54 Å². The van der Waals surface area contributed by atoms with E-state index in [9.17, 15) is 4.79 Å². The number of carbonyl (C=O) groups excluding carboxylic acids is 1. The first-order chi connectivity index (χ1) is 12.7. The van der Waals surface area contributed by atoms with E-state index in [-0.39, 0.29) is 5.91 Å². The average molecular weight is 352 g/mol. The molecule has 0 aliphatic heterocycles. The Morgan fingerprint density at radius 3 is 2.62 bits per heavy atom. The molecule has 1 N–H and O–H groups in total. The van der Waals surface area contributed by atoms with Gasteiger partial charge in [0.25, 0.3) is 0 Å². The van der Waals surface area contributed by atoms with Crippen molar-refractivity contribution in [2.24, 2.45) is 5.92 Å². The number of aromatic nitrogens is 3. The van der Waals surface area contributed by atoms with Crippen molar-refractivity contribution < 1.29 is 4.79 Å². The van der Waals surface area contributed by atoms with E-state index >= 15 is 0 Å². The number of nitrogens with zero attached hydrogens (tertiary/aromatic N) is 3. The zero-order valence-electron chi connectivity index (χ0n) is 15.7. The Balaban J connectivity index is 1.66. The molecule has 0 spiro atoms. The van der Waals surface area contributed by atoms with E-state index in [4.69, 9.17) is 4.98 Å². The standard InChI is InChI=1S/C21H28N4O/c1-3-4-20(26)24-13-16-5-7-18(8-6-16)21-19(14-23-15(2)25-21)17-9-11-22-12-10-17/h9-12,14,16,18H,3-8,13H2,1-2H3,(H,24,26). The van der Waals surface area contributed by atoms with Gasteiger partial charge in [0.15, 0.2) is 0 Å². The van der Waals surface area contributed by atoms with Crippen molar-refractivity contribution in [3.05, 3.63) is 42.2 Å². The van der Waals surface area contributed by atoms with Crippen molar-refractivity contribution in [1.29, 1.82) is 0 Å². The highest BCUT2D eigenvalue weighted by Gasteiger charge is 2.26. The first kappa shape index (κ1) is 18.5. The van der Waals surface area contributed by atoms with Crippen molar-refractivity contribution in [3.63, 3.8) is 0 Å². The molecule has 2 aromatic heterocycles. The molecule has 5 nitrogen and oxygen atoms in total. The second kappa shape index (κ2) is 8.88. The number of amides is 1. The van der Waals surface area contributed by atoms with E-state index in [2.05, 4.69) is 15.3 Å². The lowest BCUT2D eigenvalue weighted by Gasteiger charge is -2.29. The third kappa shape index (κ3) is 4.65. The number of rotatable bonds is 6. The van der Waals surface area contributed by atoms with Crippen LogP contribution in [0.15, 0.2) is 30.7 Å². The Bertz CT molecular complexity index is 724. The number of pyridine rings is 1. The molecule has 3 rings (SSSR count). The van der Waals surface area contributed by atoms with Crippen molar-refractivity contribution in [3.8, 4) is 11.1 Å². The van der Waals surface area contributed by atoms with Gasteiger partial charge >= 0.3 is 0 Å². The van der Waals surface area contributed by atoms with E-state index in [0.717, 1.165) is 61.3 Å². The van der Waals surface area contributed by atoms with Crippen LogP contribution in [0, 0.1) is 12.8 Å². The summed E-state index contributed by atoms with van der Waals surface area (Å²) in [6, 6.07) is 4.04. The summed E-state index contributed by atoms with van der Waals surface area (Å²) in [6.07, 6.45) is 11.6. The van der Waals surface area contributed by atoms with Gasteiger partial charge in [0.05, 0.1) is 5.69 Å². The molecule has 1 saturated carbocycles. The smallest absolute Gasteiger partial charge is 0.219 e. The van der Waals surface area contributed by atoms with Gasteiger partial charge < -0.3 is 5.32 Å². The molecule has 0 unspecified atom stereocenters. The number of carbonyl (C=O) groups is 1. The highest BCUT2D eigenvalue weighted by Crippen LogP contribution is 2.38. The molecule has 0 atom stereocenters. The summed E-state index contributed by atoms with van der Waals surface area (Å²) in [7, 11) is 0. The van der Waals surface area contributed by atoms with Crippen LogP contribution < -0.4 is 5.32 Å². The summed E-state index contributed by atoms with van der Waals surface area (Å²) in [4.78, 5) is 25.0. The van der Waals surface area contributed by atoms with Crippen LogP contribution in [0.5, 0.6) is 0 Å². The fourth-order valence-electron chi connectivity index (χ4n) is 3.77. The normalized spacial score (nSPS) is 19.9. The topological polar surface area (TPSA) is 67.8 Å². The van der Waals surface area contributed by atoms with Crippen LogP contribution in [0.1, 0.15) is 62.9 Å². The maximum Gasteiger partial charge on any atom is 0.219 e. The van der Waals surface area contributed by atoms with Gasteiger partial charge in [-0.25, -0.2) is 9.97 Å². The first-order valence-electron chi connectivity index (χ1n) is 9.68. The Hall–Kier alpha value is -2.30. The molecule has 0 aromatic carbocycles. The summed E-state index contributed by atoms with van der Waals surface area (Å²) in [5, 5.41) is 3.08. The highest BCUT2D eigenvalue weighted by molar-refractivity contribution is 5.75. The summed E-state index contributed by atoms with van der Waals surface area (Å²) >= 11 is 0. The quantitative estimate of drug-likeness (QED) is 0.852. The molecule has 1 aliphatic carbocycles. The minimum Gasteiger partial charge on any atom is -0.356 e. The maximum absolute atomic E-state index is 11.7. The monoisotopic (exact) mass is 352 g/mol. The molecule has 2 aromatic rings. The number of hydrogen-bond donors (Lipinski definition) is 1. The minimum atomic E-state index is 0.182. The predicted octanol–water partition coefficient (Wildman–Crippen LogP) is 4.04. The molecule has 0 radical (unpaired) electrons. The molecule has 1 aliphatic rings. The van der Waals surface area contributed by atoms with Gasteiger partial charge in [0.1, 0.15) is 5.82 Å². The van der Waals surface area contributed by atoms with Crippen molar-refractivity contribution in [2.45, 2.75) is 58.3 Å². The predicted molar refractivity (Wildman–Crippen MR) is 103 cm³/mol. The lowest BCUT2D eigenvalue weighted by atomic mass is 9.79. The van der Waals surface area contributed by atoms with Gasteiger partial charge in [0.2, 0.25) is 5.91 Å². The van der Waals surface area contributed by atoms with Crippen LogP contribution in [-0.2, 0) is 4.79 Å². The molecule has 138 valence electrons. The largest absolute Gasteiger partial charge is 0.356 e. The maximum atomic E-state index is 11.7. The van der Waals surface area contributed by atoms with Crippen LogP contribution in [0.2, 0.25) is 0 Å². The third-order valence-electron chi connectivity index (χ3n) is 5.23. The average Bonchev–Trinajstić information content (AvgIpc) is 2.68. The van der Waals surface area contributed by atoms with Gasteiger partial charge in [0, 0.05) is 43.0 Å². The second-order valence-corrected chi connectivity index (χ2v) is 7.22. The first-order valence-corrected chi connectivity index (χ1v) is 9.68. The SMILES string of the molecule is CCCC(=O)NCC1CCC(c2nc(C)ncc2-c2ccncc2)CC1. The van der Waals surface area contributed by atoms with E-state index in [1.807, 2.05) is 44.6 Å². The van der Waals surface area contributed by atoms with Crippen LogP contribution in [0.4, 0.5) is 0 Å². The minimum absolute atomic E-state index is 0.182. The zero-order chi connectivity index (χ0) is 18.4. The van der Waals surface area contributed by atoms with E-state index in [0.29, 0.717) is 18.3 Å². The van der Waals surface area contributed by atoms with Crippen LogP contribution >= 0.6 is 0 Å². The van der Waals surface area contributed by atoms with Crippen molar-refractivity contribution in [1.82, 2.24) is 20.3 Å². The molecule has 0 bridgehead atoms. The van der Waals surface area contributed by atoms with Gasteiger partial charge in [-0.3, -0.25) is 9.78 Å². The molecule has 1 amide bonds. The molecule has 2 heterocycles. The van der Waals surface area contributed by atoms with Gasteiger partial charge in [-0.1, -0.05) is 6.92 Å². The zero-order valence-corrected chi connectivity index (χ0v) is 15.7. The fraction of sp³-hybridized carbons (Fsp3) is 0.524. The third-order valence-corrected chi connectivity index (χ3v) is 5.23. The summed E-state index contributed by atoms with van der Waals surface area (Å²) in [5.74, 6) is 2.05. The summed E-state index contributed by atoms with van der Waals surface area (Å²) < 4.78 is 0. The molecule has 5 heteroatoms. The number of aryl methyl sites for hydroxylation is 1. The molecule has 1 fully saturated rings. The second-order valence-electron chi connectivity index (χ2n) is 7.22. The van der Waals surface area contributed by atoms with Crippen molar-refractivity contribution >= 4 is 5.91 Å². The van der Waals surface area contributed by atoms with Crippen LogP contribution in [-0.4, -0.2) is 27.4 Å². The van der Waals surface area contributed by atoms with E-state index in [1.165, 1.54) is 0 Å². The Kier molecular flexibility index (Phi) is 6.31. The summed E-state index contributed by atoms with van der Waals surface area (Å²) in [5.41, 5.74) is 3.42. The summed E-state index contributed by atoms with van der Waals surface area (Å²) in [6.45, 7) is 4.80. The van der Waals surface area contributed by atoms with Gasteiger partial charge in [-0.2, -0.15) is 0 Å². The lowest BCUT2D eigenvalue weighted by molar-refractivity contribution is -0.121. The van der Waals surface area contributed by atoms with Gasteiger partial charge in [-0.05, 0) is 62.6 Å². The Morgan fingerprint density at radius 1 is 1.19 bits per heavy atom. The van der Waals surface area contributed by atoms with E-state index < -0.39 is 0 Å². The molecular weight excluding hydrogens is 324 g/mol. The molecule has 26 heavy (non-hydrogen) atoms. The van der Waals surface area contributed by atoms with Crippen LogP contribution in [0.25, 0.3) is 11.1 Å². The molecule has 0 saturated heterocycles. The van der Waals surface area contributed by atoms with Crippen LogP contribution in [0.3, 0.4) is 0 Å².